The summed E-state index contributed by atoms with van der Waals surface area (Å²) in [5, 5.41) is 0. The third kappa shape index (κ3) is 3.30. The van der Waals surface area contributed by atoms with Gasteiger partial charge in [-0.15, -0.1) is 12.3 Å². The van der Waals surface area contributed by atoms with Crippen molar-refractivity contribution >= 4 is 0 Å². The highest BCUT2D eigenvalue weighted by Gasteiger charge is 1.96. The normalized spacial score (nSPS) is 9.85. The molecule has 70 valence electrons. The van der Waals surface area contributed by atoms with Crippen molar-refractivity contribution in [1.82, 2.24) is 9.55 Å². The van der Waals surface area contributed by atoms with Crippen molar-refractivity contribution in [1.29, 1.82) is 0 Å². The predicted octanol–water partition coefficient (Wildman–Crippen LogP) is 0.798. The van der Waals surface area contributed by atoms with Gasteiger partial charge in [0.15, 0.2) is 0 Å². The Morgan fingerprint density at radius 2 is 2.46 bits per heavy atom. The molecule has 0 fully saturated rings. The molecule has 0 aromatic carbocycles. The number of aromatic nitrogens is 2. The predicted molar refractivity (Wildman–Crippen MR) is 53.1 cm³/mol. The first kappa shape index (κ1) is 9.82. The molecule has 0 radical (unpaired) electrons. The van der Waals surface area contributed by atoms with Crippen LogP contribution in [0, 0.1) is 12.3 Å². The Hall–Kier alpha value is -1.27. The number of hydrogen-bond donors (Lipinski definition) is 1. The Bertz CT molecular complexity index is 283. The zero-order valence-corrected chi connectivity index (χ0v) is 7.74. The van der Waals surface area contributed by atoms with E-state index in [1.165, 1.54) is 0 Å². The number of aryl methyl sites for hydroxylation is 1. The molecule has 1 rings (SSSR count). The molecule has 0 saturated heterocycles. The second-order valence-corrected chi connectivity index (χ2v) is 2.95. The Morgan fingerprint density at radius 1 is 1.62 bits per heavy atom. The quantitative estimate of drug-likeness (QED) is 0.534. The molecule has 0 aliphatic carbocycles. The van der Waals surface area contributed by atoms with Gasteiger partial charge in [0.05, 0.1) is 12.0 Å². The SMILES string of the molecule is C#CCCCn1cnc(CCN)c1. The fraction of sp³-hybridized carbons (Fsp3) is 0.500. The van der Waals surface area contributed by atoms with Gasteiger partial charge in [-0.3, -0.25) is 0 Å². The minimum atomic E-state index is 0.654. The summed E-state index contributed by atoms with van der Waals surface area (Å²) in [6.45, 7) is 1.60. The van der Waals surface area contributed by atoms with E-state index >= 15 is 0 Å². The summed E-state index contributed by atoms with van der Waals surface area (Å²) >= 11 is 0. The molecule has 0 unspecified atom stereocenters. The molecule has 2 N–H and O–H groups in total. The smallest absolute Gasteiger partial charge is 0.0949 e. The second kappa shape index (κ2) is 5.39. The first-order valence-electron chi connectivity index (χ1n) is 4.51. The van der Waals surface area contributed by atoms with Gasteiger partial charge in [0.25, 0.3) is 0 Å². The van der Waals surface area contributed by atoms with Crippen LogP contribution in [0.1, 0.15) is 18.5 Å². The summed E-state index contributed by atoms with van der Waals surface area (Å²) in [6, 6.07) is 0. The van der Waals surface area contributed by atoms with Crippen molar-refractivity contribution in [3.63, 3.8) is 0 Å². The Morgan fingerprint density at radius 3 is 3.15 bits per heavy atom. The Labute approximate surface area is 79.0 Å². The molecular formula is C10H15N3. The molecule has 0 atom stereocenters. The highest BCUT2D eigenvalue weighted by atomic mass is 15.0. The first-order chi connectivity index (χ1) is 6.36. The molecule has 0 amide bonds. The monoisotopic (exact) mass is 177 g/mol. The largest absolute Gasteiger partial charge is 0.337 e. The second-order valence-electron chi connectivity index (χ2n) is 2.95. The summed E-state index contributed by atoms with van der Waals surface area (Å²) in [5.74, 6) is 2.62. The van der Waals surface area contributed by atoms with Crippen molar-refractivity contribution in [3.8, 4) is 12.3 Å². The van der Waals surface area contributed by atoms with Crippen LogP contribution in [0.3, 0.4) is 0 Å². The maximum atomic E-state index is 5.42. The van der Waals surface area contributed by atoms with Crippen LogP contribution >= 0.6 is 0 Å². The molecular weight excluding hydrogens is 162 g/mol. The van der Waals surface area contributed by atoms with Crippen LogP contribution in [-0.2, 0) is 13.0 Å². The van der Waals surface area contributed by atoms with Crippen LogP contribution < -0.4 is 5.73 Å². The van der Waals surface area contributed by atoms with Crippen molar-refractivity contribution in [3.05, 3.63) is 18.2 Å². The highest BCUT2D eigenvalue weighted by molar-refractivity contribution is 4.97. The van der Waals surface area contributed by atoms with Crippen LogP contribution in [0.2, 0.25) is 0 Å². The zero-order valence-electron chi connectivity index (χ0n) is 7.74. The van der Waals surface area contributed by atoms with Crippen molar-refractivity contribution < 1.29 is 0 Å². The van der Waals surface area contributed by atoms with Gasteiger partial charge in [-0.2, -0.15) is 0 Å². The van der Waals surface area contributed by atoms with E-state index in [-0.39, 0.29) is 0 Å². The van der Waals surface area contributed by atoms with Gasteiger partial charge in [-0.25, -0.2) is 4.98 Å². The number of terminal acetylenes is 1. The number of hydrogen-bond acceptors (Lipinski definition) is 2. The van der Waals surface area contributed by atoms with Gasteiger partial charge in [0, 0.05) is 25.6 Å². The molecule has 0 spiro atoms. The van der Waals surface area contributed by atoms with Crippen LogP contribution in [0.15, 0.2) is 12.5 Å². The zero-order chi connectivity index (χ0) is 9.52. The molecule has 1 aromatic heterocycles. The van der Waals surface area contributed by atoms with Gasteiger partial charge in [0.1, 0.15) is 0 Å². The van der Waals surface area contributed by atoms with Crippen LogP contribution in [0.4, 0.5) is 0 Å². The van der Waals surface area contributed by atoms with E-state index < -0.39 is 0 Å². The average Bonchev–Trinajstić information content (AvgIpc) is 2.54. The van der Waals surface area contributed by atoms with E-state index in [1.54, 1.807) is 0 Å². The lowest BCUT2D eigenvalue weighted by Gasteiger charge is -1.97. The summed E-state index contributed by atoms with van der Waals surface area (Å²) in [6.07, 6.45) is 11.7. The van der Waals surface area contributed by atoms with Crippen LogP contribution in [0.25, 0.3) is 0 Å². The summed E-state index contributed by atoms with van der Waals surface area (Å²) < 4.78 is 2.06. The van der Waals surface area contributed by atoms with E-state index in [0.29, 0.717) is 6.54 Å². The lowest BCUT2D eigenvalue weighted by Crippen LogP contribution is -2.02. The summed E-state index contributed by atoms with van der Waals surface area (Å²) in [4.78, 5) is 4.22. The van der Waals surface area contributed by atoms with Crippen LogP contribution in [0.5, 0.6) is 0 Å². The maximum Gasteiger partial charge on any atom is 0.0949 e. The molecule has 3 nitrogen and oxygen atoms in total. The molecule has 0 aliphatic rings. The first-order valence-corrected chi connectivity index (χ1v) is 4.51. The van der Waals surface area contributed by atoms with Gasteiger partial charge in [0.2, 0.25) is 0 Å². The Balaban J connectivity index is 2.36. The molecule has 1 heterocycles. The van der Waals surface area contributed by atoms with E-state index in [1.807, 2.05) is 12.5 Å². The fourth-order valence-corrected chi connectivity index (χ4v) is 1.17. The van der Waals surface area contributed by atoms with Crippen molar-refractivity contribution in [2.24, 2.45) is 5.73 Å². The molecule has 13 heavy (non-hydrogen) atoms. The van der Waals surface area contributed by atoms with Gasteiger partial charge in [-0.1, -0.05) is 0 Å². The minimum absolute atomic E-state index is 0.654. The number of nitrogens with two attached hydrogens (primary N) is 1. The van der Waals surface area contributed by atoms with E-state index in [0.717, 1.165) is 31.5 Å². The van der Waals surface area contributed by atoms with E-state index in [4.69, 9.17) is 12.2 Å². The van der Waals surface area contributed by atoms with E-state index in [2.05, 4.69) is 15.5 Å². The molecule has 1 aromatic rings. The van der Waals surface area contributed by atoms with Crippen LogP contribution in [-0.4, -0.2) is 16.1 Å². The molecule has 0 bridgehead atoms. The topological polar surface area (TPSA) is 43.8 Å². The number of nitrogens with zero attached hydrogens (tertiary/aromatic N) is 2. The lowest BCUT2D eigenvalue weighted by molar-refractivity contribution is 0.654. The highest BCUT2D eigenvalue weighted by Crippen LogP contribution is 1.99. The summed E-state index contributed by atoms with van der Waals surface area (Å²) in [7, 11) is 0. The fourth-order valence-electron chi connectivity index (χ4n) is 1.17. The van der Waals surface area contributed by atoms with Gasteiger partial charge in [-0.05, 0) is 13.0 Å². The minimum Gasteiger partial charge on any atom is -0.337 e. The number of imidazole rings is 1. The van der Waals surface area contributed by atoms with Crippen molar-refractivity contribution in [2.75, 3.05) is 6.54 Å². The number of rotatable bonds is 5. The average molecular weight is 177 g/mol. The maximum absolute atomic E-state index is 5.42. The molecule has 0 aliphatic heterocycles. The standard InChI is InChI=1S/C10H15N3/c1-2-3-4-7-13-8-10(5-6-11)12-9-13/h1,8-9H,3-7,11H2. The lowest BCUT2D eigenvalue weighted by atomic mass is 10.3. The van der Waals surface area contributed by atoms with Crippen molar-refractivity contribution in [2.45, 2.75) is 25.8 Å². The third-order valence-corrected chi connectivity index (χ3v) is 1.82. The molecule has 0 saturated carbocycles. The number of unbranched alkanes of at least 4 members (excludes halogenated alkanes) is 1. The molecule has 3 heteroatoms. The van der Waals surface area contributed by atoms with Gasteiger partial charge < -0.3 is 10.3 Å². The van der Waals surface area contributed by atoms with E-state index in [9.17, 15) is 0 Å². The van der Waals surface area contributed by atoms with Gasteiger partial charge >= 0.3 is 0 Å². The Kier molecular flexibility index (Phi) is 4.07. The third-order valence-electron chi connectivity index (χ3n) is 1.82. The summed E-state index contributed by atoms with van der Waals surface area (Å²) in [5.41, 5.74) is 6.47.